The molecule has 1 aliphatic heterocycles. The normalized spacial score (nSPS) is 14.0. The molecular weight excluding hydrogens is 394 g/mol. The quantitative estimate of drug-likeness (QED) is 0.720. The highest BCUT2D eigenvalue weighted by Crippen LogP contribution is 2.28. The number of hydrogen-bond acceptors (Lipinski definition) is 5. The third-order valence-corrected chi connectivity index (χ3v) is 6.13. The van der Waals surface area contributed by atoms with Crippen molar-refractivity contribution in [3.63, 3.8) is 0 Å². The van der Waals surface area contributed by atoms with Gasteiger partial charge < -0.3 is 15.0 Å². The summed E-state index contributed by atoms with van der Waals surface area (Å²) in [6, 6.07) is 11.3. The van der Waals surface area contributed by atoms with Gasteiger partial charge in [-0.15, -0.1) is 0 Å². The van der Waals surface area contributed by atoms with Crippen LogP contribution in [0.1, 0.15) is 18.4 Å². The molecule has 0 atom stereocenters. The summed E-state index contributed by atoms with van der Waals surface area (Å²) in [5.74, 6) is -0.0214. The lowest BCUT2D eigenvalue weighted by atomic mass is 10.2. The third kappa shape index (κ3) is 4.86. The third-order valence-electron chi connectivity index (χ3n) is 4.62. The number of rotatable bonds is 7. The Kier molecular flexibility index (Phi) is 6.07. The Bertz CT molecular complexity index is 1040. The molecular formula is C20H23N3O5S. The van der Waals surface area contributed by atoms with Crippen LogP contribution < -0.4 is 14.8 Å². The molecule has 8 nitrogen and oxygen atoms in total. The molecule has 0 spiro atoms. The zero-order chi connectivity index (χ0) is 21.0. The van der Waals surface area contributed by atoms with Gasteiger partial charge in [0.2, 0.25) is 11.8 Å². The van der Waals surface area contributed by atoms with Crippen LogP contribution in [0.3, 0.4) is 0 Å². The summed E-state index contributed by atoms with van der Waals surface area (Å²) >= 11 is 0. The number of methoxy groups -OCH3 is 1. The van der Waals surface area contributed by atoms with Gasteiger partial charge in [0.05, 0.1) is 24.2 Å². The highest BCUT2D eigenvalue weighted by Gasteiger charge is 2.23. The lowest BCUT2D eigenvalue weighted by molar-refractivity contribution is -0.131. The minimum absolute atomic E-state index is 0.0402. The first-order valence-electron chi connectivity index (χ1n) is 9.14. The van der Waals surface area contributed by atoms with Crippen LogP contribution in [-0.2, 0) is 19.6 Å². The molecule has 1 saturated heterocycles. The summed E-state index contributed by atoms with van der Waals surface area (Å²) in [7, 11) is -2.45. The van der Waals surface area contributed by atoms with E-state index >= 15 is 0 Å². The molecule has 2 aromatic carbocycles. The summed E-state index contributed by atoms with van der Waals surface area (Å²) in [6.45, 7) is 2.18. The number of aryl methyl sites for hydroxylation is 1. The smallest absolute Gasteiger partial charge is 0.262 e. The number of nitrogens with one attached hydrogen (secondary N) is 2. The van der Waals surface area contributed by atoms with Gasteiger partial charge in [-0.3, -0.25) is 14.3 Å². The summed E-state index contributed by atoms with van der Waals surface area (Å²) in [5.41, 5.74) is 1.18. The van der Waals surface area contributed by atoms with Gasteiger partial charge in [0.1, 0.15) is 5.75 Å². The van der Waals surface area contributed by atoms with Crippen molar-refractivity contribution < 1.29 is 22.7 Å². The monoisotopic (exact) mass is 417 g/mol. The van der Waals surface area contributed by atoms with E-state index in [-0.39, 0.29) is 23.3 Å². The van der Waals surface area contributed by atoms with E-state index in [0.29, 0.717) is 35.7 Å². The van der Waals surface area contributed by atoms with Gasteiger partial charge in [0.15, 0.2) is 0 Å². The SMILES string of the molecule is COc1ccccc1NS(=O)(=O)c1cc(NC(=O)CN2CCCC2=O)ccc1C. The summed E-state index contributed by atoms with van der Waals surface area (Å²) < 4.78 is 33.5. The van der Waals surface area contributed by atoms with Crippen LogP contribution in [0.2, 0.25) is 0 Å². The van der Waals surface area contributed by atoms with E-state index in [4.69, 9.17) is 4.74 Å². The average Bonchev–Trinajstić information content (AvgIpc) is 3.07. The van der Waals surface area contributed by atoms with Gasteiger partial charge in [-0.1, -0.05) is 18.2 Å². The second-order valence-corrected chi connectivity index (χ2v) is 8.40. The molecule has 3 rings (SSSR count). The van der Waals surface area contributed by atoms with Gasteiger partial charge in [0, 0.05) is 18.7 Å². The number of hydrogen-bond donors (Lipinski definition) is 2. The lowest BCUT2D eigenvalue weighted by Crippen LogP contribution is -2.34. The summed E-state index contributed by atoms with van der Waals surface area (Å²) in [6.07, 6.45) is 1.20. The highest BCUT2D eigenvalue weighted by molar-refractivity contribution is 7.92. The Balaban J connectivity index is 1.79. The molecule has 0 radical (unpaired) electrons. The fourth-order valence-electron chi connectivity index (χ4n) is 3.14. The van der Waals surface area contributed by atoms with Gasteiger partial charge in [0.25, 0.3) is 10.0 Å². The molecule has 1 aliphatic rings. The largest absolute Gasteiger partial charge is 0.495 e. The van der Waals surface area contributed by atoms with Crippen LogP contribution in [0.4, 0.5) is 11.4 Å². The topological polar surface area (TPSA) is 105 Å². The van der Waals surface area contributed by atoms with Crippen LogP contribution in [0.25, 0.3) is 0 Å². The summed E-state index contributed by atoms with van der Waals surface area (Å²) in [5, 5.41) is 2.67. The molecule has 0 unspecified atom stereocenters. The number of carbonyl (C=O) groups excluding carboxylic acids is 2. The molecule has 0 aromatic heterocycles. The number of nitrogens with zero attached hydrogens (tertiary/aromatic N) is 1. The number of sulfonamides is 1. The molecule has 0 aliphatic carbocycles. The van der Waals surface area contributed by atoms with Gasteiger partial charge in [-0.2, -0.15) is 0 Å². The van der Waals surface area contributed by atoms with Crippen LogP contribution in [0, 0.1) is 6.92 Å². The fraction of sp³-hybridized carbons (Fsp3) is 0.300. The van der Waals surface area contributed by atoms with Gasteiger partial charge in [-0.25, -0.2) is 8.42 Å². The van der Waals surface area contributed by atoms with Crippen molar-refractivity contribution in [3.8, 4) is 5.75 Å². The molecule has 0 bridgehead atoms. The lowest BCUT2D eigenvalue weighted by Gasteiger charge is -2.16. The van der Waals surface area contributed by atoms with Crippen molar-refractivity contribution in [2.75, 3.05) is 30.2 Å². The fourth-order valence-corrected chi connectivity index (χ4v) is 4.48. The van der Waals surface area contributed by atoms with E-state index in [0.717, 1.165) is 6.42 Å². The Morgan fingerprint density at radius 2 is 1.97 bits per heavy atom. The number of para-hydroxylation sites is 2. The molecule has 9 heteroatoms. The van der Waals surface area contributed by atoms with Crippen molar-refractivity contribution in [2.45, 2.75) is 24.7 Å². The number of anilines is 2. The first-order valence-corrected chi connectivity index (χ1v) is 10.6. The predicted molar refractivity (Wildman–Crippen MR) is 109 cm³/mol. The number of carbonyl (C=O) groups is 2. The zero-order valence-electron chi connectivity index (χ0n) is 16.3. The van der Waals surface area contributed by atoms with Crippen molar-refractivity contribution in [1.29, 1.82) is 0 Å². The van der Waals surface area contributed by atoms with E-state index in [1.54, 1.807) is 43.3 Å². The molecule has 2 amide bonds. The molecule has 2 aromatic rings. The number of benzene rings is 2. The van der Waals surface area contributed by atoms with Crippen LogP contribution in [0.5, 0.6) is 5.75 Å². The zero-order valence-corrected chi connectivity index (χ0v) is 17.1. The van der Waals surface area contributed by atoms with Gasteiger partial charge >= 0.3 is 0 Å². The molecule has 29 heavy (non-hydrogen) atoms. The number of ether oxygens (including phenoxy) is 1. The van der Waals surface area contributed by atoms with E-state index in [1.165, 1.54) is 18.1 Å². The second-order valence-electron chi connectivity index (χ2n) is 6.75. The first kappa shape index (κ1) is 20.7. The summed E-state index contributed by atoms with van der Waals surface area (Å²) in [4.78, 5) is 25.4. The highest BCUT2D eigenvalue weighted by atomic mass is 32.2. The molecule has 1 fully saturated rings. The van der Waals surface area contributed by atoms with Gasteiger partial charge in [-0.05, 0) is 43.2 Å². The van der Waals surface area contributed by atoms with Crippen molar-refractivity contribution >= 4 is 33.2 Å². The molecule has 154 valence electrons. The maximum absolute atomic E-state index is 12.9. The maximum Gasteiger partial charge on any atom is 0.262 e. The van der Waals surface area contributed by atoms with Crippen LogP contribution in [-0.4, -0.2) is 45.3 Å². The maximum atomic E-state index is 12.9. The molecule has 2 N–H and O–H groups in total. The first-order chi connectivity index (χ1) is 13.8. The Morgan fingerprint density at radius 1 is 1.21 bits per heavy atom. The van der Waals surface area contributed by atoms with E-state index in [9.17, 15) is 18.0 Å². The Labute approximate surface area is 169 Å². The predicted octanol–water partition coefficient (Wildman–Crippen LogP) is 2.37. The van der Waals surface area contributed by atoms with E-state index < -0.39 is 10.0 Å². The standard InChI is InChI=1S/C20H23N3O5S/c1-14-9-10-15(21-19(24)13-23-11-5-8-20(23)25)12-18(14)29(26,27)22-16-6-3-4-7-17(16)28-2/h3-4,6-7,9-10,12,22H,5,8,11,13H2,1-2H3,(H,21,24). The molecule has 1 heterocycles. The Morgan fingerprint density at radius 3 is 2.66 bits per heavy atom. The second kappa shape index (κ2) is 8.52. The van der Waals surface area contributed by atoms with Crippen molar-refractivity contribution in [2.24, 2.45) is 0 Å². The number of likely N-dealkylation sites (tertiary alicyclic amines) is 1. The minimum atomic E-state index is -3.91. The molecule has 0 saturated carbocycles. The average molecular weight is 417 g/mol. The van der Waals surface area contributed by atoms with E-state index in [1.807, 2.05) is 0 Å². The number of amides is 2. The Hall–Kier alpha value is -3.07. The van der Waals surface area contributed by atoms with Crippen molar-refractivity contribution in [1.82, 2.24) is 4.90 Å². The van der Waals surface area contributed by atoms with Crippen molar-refractivity contribution in [3.05, 3.63) is 48.0 Å². The van der Waals surface area contributed by atoms with E-state index in [2.05, 4.69) is 10.0 Å². The van der Waals surface area contributed by atoms with Crippen LogP contribution in [0.15, 0.2) is 47.4 Å². The van der Waals surface area contributed by atoms with Crippen LogP contribution >= 0.6 is 0 Å². The minimum Gasteiger partial charge on any atom is -0.495 e.